The molecule has 0 aliphatic rings. The number of aromatic nitrogens is 1. The first-order valence-electron chi connectivity index (χ1n) is 9.07. The Balaban J connectivity index is 1.58. The van der Waals surface area contributed by atoms with Gasteiger partial charge in [-0.15, -0.1) is 0 Å². The minimum absolute atomic E-state index is 0.182. The van der Waals surface area contributed by atoms with E-state index < -0.39 is 0 Å². The van der Waals surface area contributed by atoms with Crippen molar-refractivity contribution in [1.82, 2.24) is 10.3 Å². The van der Waals surface area contributed by atoms with Gasteiger partial charge >= 0.3 is 0 Å². The summed E-state index contributed by atoms with van der Waals surface area (Å²) in [5.41, 5.74) is 3.41. The van der Waals surface area contributed by atoms with E-state index in [0.29, 0.717) is 12.1 Å². The van der Waals surface area contributed by atoms with Crippen molar-refractivity contribution in [2.24, 2.45) is 0 Å². The Morgan fingerprint density at radius 2 is 2.00 bits per heavy atom. The van der Waals surface area contributed by atoms with E-state index in [1.165, 1.54) is 18.2 Å². The number of hydrogen-bond acceptors (Lipinski definition) is 3. The van der Waals surface area contributed by atoms with Gasteiger partial charge in [0.25, 0.3) is 0 Å². The number of benzene rings is 2. The van der Waals surface area contributed by atoms with Gasteiger partial charge in [0.2, 0.25) is 5.91 Å². The minimum atomic E-state index is -0.355. The van der Waals surface area contributed by atoms with E-state index in [-0.39, 0.29) is 17.8 Å². The van der Waals surface area contributed by atoms with Gasteiger partial charge in [0.15, 0.2) is 0 Å². The number of nitrogens with zero attached hydrogens (tertiary/aromatic N) is 1. The van der Waals surface area contributed by atoms with Crippen LogP contribution in [-0.2, 0) is 11.3 Å². The van der Waals surface area contributed by atoms with Crippen LogP contribution in [0.5, 0.6) is 0 Å². The highest BCUT2D eigenvalue weighted by Gasteiger charge is 2.08. The maximum atomic E-state index is 13.6. The molecular weight excluding hydrogens is 353 g/mol. The van der Waals surface area contributed by atoms with Crippen molar-refractivity contribution >= 4 is 17.7 Å². The Bertz CT molecular complexity index is 957. The van der Waals surface area contributed by atoms with E-state index in [4.69, 9.17) is 0 Å². The van der Waals surface area contributed by atoms with Crippen LogP contribution in [0.4, 0.5) is 10.1 Å². The van der Waals surface area contributed by atoms with Crippen LogP contribution >= 0.6 is 0 Å². The number of hydrogen-bond donors (Lipinski definition) is 2. The number of nitrogens with one attached hydrogen (secondary N) is 2. The van der Waals surface area contributed by atoms with E-state index in [1.807, 2.05) is 49.5 Å². The lowest BCUT2D eigenvalue weighted by atomic mass is 10.1. The maximum absolute atomic E-state index is 13.6. The third kappa shape index (κ3) is 5.51. The number of anilines is 1. The number of pyridine rings is 1. The van der Waals surface area contributed by atoms with Gasteiger partial charge in [0.1, 0.15) is 5.82 Å². The molecule has 0 aliphatic carbocycles. The van der Waals surface area contributed by atoms with Gasteiger partial charge in [-0.25, -0.2) is 4.39 Å². The smallest absolute Gasteiger partial charge is 0.244 e. The highest BCUT2D eigenvalue weighted by molar-refractivity contribution is 5.92. The van der Waals surface area contributed by atoms with Crippen LogP contribution in [0.1, 0.15) is 29.7 Å². The maximum Gasteiger partial charge on any atom is 0.244 e. The second-order valence-corrected chi connectivity index (χ2v) is 6.43. The highest BCUT2D eigenvalue weighted by atomic mass is 19.1. The van der Waals surface area contributed by atoms with Gasteiger partial charge < -0.3 is 10.6 Å². The molecule has 0 radical (unpaired) electrons. The molecule has 0 unspecified atom stereocenters. The van der Waals surface area contributed by atoms with Crippen molar-refractivity contribution in [2.75, 3.05) is 5.32 Å². The number of rotatable bonds is 7. The summed E-state index contributed by atoms with van der Waals surface area (Å²) in [6.07, 6.45) is 6.39. The standard InChI is InChI=1S/C23H22FN3O/c1-17(27-23(28)12-11-19-7-2-3-10-22(19)24)20-8-4-9-21(14-20)26-16-18-6-5-13-25-15-18/h2-15,17,26H,16H2,1H3,(H,27,28)/b12-11-/t17-/m0/s1. The molecule has 0 saturated heterocycles. The van der Waals surface area contributed by atoms with E-state index in [1.54, 1.807) is 24.4 Å². The monoisotopic (exact) mass is 375 g/mol. The molecule has 5 heteroatoms. The zero-order chi connectivity index (χ0) is 19.8. The molecule has 1 heterocycles. The predicted molar refractivity (Wildman–Crippen MR) is 110 cm³/mol. The first-order chi connectivity index (χ1) is 13.6. The molecule has 0 saturated carbocycles. The molecular formula is C23H22FN3O. The van der Waals surface area contributed by atoms with Crippen molar-refractivity contribution in [3.63, 3.8) is 0 Å². The van der Waals surface area contributed by atoms with Gasteiger partial charge in [0.05, 0.1) is 6.04 Å². The largest absolute Gasteiger partial charge is 0.381 e. The minimum Gasteiger partial charge on any atom is -0.381 e. The summed E-state index contributed by atoms with van der Waals surface area (Å²) in [6, 6.07) is 17.9. The molecule has 1 aromatic heterocycles. The van der Waals surface area contributed by atoms with Crippen LogP contribution in [0.25, 0.3) is 6.08 Å². The van der Waals surface area contributed by atoms with Crippen molar-refractivity contribution in [3.8, 4) is 0 Å². The van der Waals surface area contributed by atoms with Gasteiger partial charge in [0, 0.05) is 36.3 Å². The van der Waals surface area contributed by atoms with Crippen LogP contribution in [0.2, 0.25) is 0 Å². The van der Waals surface area contributed by atoms with Crippen molar-refractivity contribution in [3.05, 3.63) is 102 Å². The molecule has 4 nitrogen and oxygen atoms in total. The summed E-state index contributed by atoms with van der Waals surface area (Å²) in [5, 5.41) is 6.25. The number of carbonyl (C=O) groups excluding carboxylic acids is 1. The van der Waals surface area contributed by atoms with E-state index in [0.717, 1.165) is 16.8 Å². The number of halogens is 1. The van der Waals surface area contributed by atoms with Gasteiger partial charge in [-0.3, -0.25) is 9.78 Å². The van der Waals surface area contributed by atoms with Crippen LogP contribution in [0.15, 0.2) is 79.1 Å². The fraction of sp³-hybridized carbons (Fsp3) is 0.130. The van der Waals surface area contributed by atoms with Crippen LogP contribution in [0.3, 0.4) is 0 Å². The third-order valence-electron chi connectivity index (χ3n) is 4.28. The molecule has 1 atom stereocenters. The fourth-order valence-corrected chi connectivity index (χ4v) is 2.75. The Labute approximate surface area is 164 Å². The van der Waals surface area contributed by atoms with Crippen molar-refractivity contribution in [2.45, 2.75) is 19.5 Å². The van der Waals surface area contributed by atoms with Crippen LogP contribution in [0, 0.1) is 5.82 Å². The van der Waals surface area contributed by atoms with Gasteiger partial charge in [-0.1, -0.05) is 36.4 Å². The number of amides is 1. The number of carbonyl (C=O) groups is 1. The first-order valence-corrected chi connectivity index (χ1v) is 9.07. The average Bonchev–Trinajstić information content (AvgIpc) is 2.72. The van der Waals surface area contributed by atoms with Crippen molar-refractivity contribution in [1.29, 1.82) is 0 Å². The topological polar surface area (TPSA) is 54.0 Å². The van der Waals surface area contributed by atoms with Crippen LogP contribution < -0.4 is 10.6 Å². The predicted octanol–water partition coefficient (Wildman–Crippen LogP) is 4.72. The average molecular weight is 375 g/mol. The highest BCUT2D eigenvalue weighted by Crippen LogP contribution is 2.18. The SMILES string of the molecule is C[C@H](NC(=O)/C=C\c1ccccc1F)c1cccc(NCc2cccnc2)c1. The summed E-state index contributed by atoms with van der Waals surface area (Å²) in [4.78, 5) is 16.3. The molecule has 2 N–H and O–H groups in total. The second kappa shape index (κ2) is 9.46. The lowest BCUT2D eigenvalue weighted by Gasteiger charge is -2.15. The molecule has 0 spiro atoms. The Morgan fingerprint density at radius 1 is 1.14 bits per heavy atom. The second-order valence-electron chi connectivity index (χ2n) is 6.43. The fourth-order valence-electron chi connectivity index (χ4n) is 2.75. The van der Waals surface area contributed by atoms with Gasteiger partial charge in [-0.2, -0.15) is 0 Å². The molecule has 0 fully saturated rings. The molecule has 3 rings (SSSR count). The molecule has 3 aromatic rings. The Morgan fingerprint density at radius 3 is 2.79 bits per heavy atom. The summed E-state index contributed by atoms with van der Waals surface area (Å²) in [6.45, 7) is 2.58. The molecule has 142 valence electrons. The zero-order valence-corrected chi connectivity index (χ0v) is 15.6. The molecule has 2 aromatic carbocycles. The van der Waals surface area contributed by atoms with E-state index in [9.17, 15) is 9.18 Å². The molecule has 1 amide bonds. The quantitative estimate of drug-likeness (QED) is 0.588. The Hall–Kier alpha value is -3.47. The lowest BCUT2D eigenvalue weighted by molar-refractivity contribution is -0.117. The van der Waals surface area contributed by atoms with Gasteiger partial charge in [-0.05, 0) is 48.4 Å². The molecule has 0 bridgehead atoms. The summed E-state index contributed by atoms with van der Waals surface area (Å²) in [5.74, 6) is -0.628. The lowest BCUT2D eigenvalue weighted by Crippen LogP contribution is -2.24. The Kier molecular flexibility index (Phi) is 6.52. The van der Waals surface area contributed by atoms with Crippen molar-refractivity contribution < 1.29 is 9.18 Å². The van der Waals surface area contributed by atoms with Crippen LogP contribution in [-0.4, -0.2) is 10.9 Å². The summed E-state index contributed by atoms with van der Waals surface area (Å²) >= 11 is 0. The van der Waals surface area contributed by atoms with E-state index in [2.05, 4.69) is 15.6 Å². The summed E-state index contributed by atoms with van der Waals surface area (Å²) < 4.78 is 13.6. The normalized spacial score (nSPS) is 11.9. The third-order valence-corrected chi connectivity index (χ3v) is 4.28. The van der Waals surface area contributed by atoms with E-state index >= 15 is 0 Å². The summed E-state index contributed by atoms with van der Waals surface area (Å²) in [7, 11) is 0. The first kappa shape index (κ1) is 19.3. The molecule has 0 aliphatic heterocycles. The molecule has 28 heavy (non-hydrogen) atoms. The zero-order valence-electron chi connectivity index (χ0n) is 15.6.